The van der Waals surface area contributed by atoms with E-state index in [1.165, 1.54) is 6.33 Å². The first-order valence-corrected chi connectivity index (χ1v) is 12.4. The molecule has 1 fully saturated rings. The number of rotatable bonds is 12. The number of nitrogens with zero attached hydrogens (tertiary/aromatic N) is 7. The molecule has 3 aromatic rings. The number of hydrogen-bond acceptors (Lipinski definition) is 13. The third-order valence-electron chi connectivity index (χ3n) is 6.26. The number of hydrogen-bond donors (Lipinski definition) is 3. The van der Waals surface area contributed by atoms with Crippen molar-refractivity contribution in [1.82, 2.24) is 29.7 Å². The largest absolute Gasteiger partial charge is 0.458 e. The molecule has 0 radical (unpaired) electrons. The van der Waals surface area contributed by atoms with Crippen molar-refractivity contribution in [3.8, 4) is 0 Å². The van der Waals surface area contributed by atoms with Crippen LogP contribution in [-0.4, -0.2) is 77.9 Å². The van der Waals surface area contributed by atoms with E-state index in [1.807, 2.05) is 13.8 Å². The number of fused-ring (bicyclic) bond motifs is 1. The first kappa shape index (κ1) is 26.7. The van der Waals surface area contributed by atoms with Gasteiger partial charge in [-0.05, 0) is 25.7 Å². The lowest BCUT2D eigenvalue weighted by atomic mass is 10.1. The molecule has 14 heteroatoms. The van der Waals surface area contributed by atoms with E-state index in [-0.39, 0.29) is 31.1 Å². The van der Waals surface area contributed by atoms with Crippen LogP contribution in [0.15, 0.2) is 10.9 Å². The van der Waals surface area contributed by atoms with E-state index in [0.29, 0.717) is 35.3 Å². The first-order chi connectivity index (χ1) is 17.8. The van der Waals surface area contributed by atoms with Crippen molar-refractivity contribution < 1.29 is 29.0 Å². The van der Waals surface area contributed by atoms with Gasteiger partial charge in [0.15, 0.2) is 41.2 Å². The molecule has 202 valence electrons. The van der Waals surface area contributed by atoms with Crippen LogP contribution in [-0.2, 0) is 14.3 Å². The standard InChI is InChI=1S/C23H34N8O6/c1-6-14(7-2)26-19-15-20(28-23(27-19)30(10-32)8-12(3)4)31(9-24-15)22-16(34)17(35-11-33)18(36-22)21-25-13(5)29-37-21/h9,11-12,14,16-18,22,32,34H,6-8,10H2,1-5H3,(H,26,27,28)/t16-,17+,18+,22-/m1/s1. The highest BCUT2D eigenvalue weighted by Crippen LogP contribution is 2.41. The fourth-order valence-corrected chi connectivity index (χ4v) is 4.39. The highest BCUT2D eigenvalue weighted by atomic mass is 16.6. The zero-order valence-electron chi connectivity index (χ0n) is 21.6. The molecule has 14 nitrogen and oxygen atoms in total. The summed E-state index contributed by atoms with van der Waals surface area (Å²) < 4.78 is 18.0. The summed E-state index contributed by atoms with van der Waals surface area (Å²) in [5.41, 5.74) is 0.843. The first-order valence-electron chi connectivity index (χ1n) is 12.4. The van der Waals surface area contributed by atoms with Crippen molar-refractivity contribution in [2.75, 3.05) is 23.5 Å². The van der Waals surface area contributed by atoms with E-state index in [1.54, 1.807) is 16.4 Å². The molecule has 4 rings (SSSR count). The number of aryl methyl sites for hydroxylation is 1. The maximum Gasteiger partial charge on any atom is 0.293 e. The topological polar surface area (TPSA) is 174 Å². The quantitative estimate of drug-likeness (QED) is 0.234. The van der Waals surface area contributed by atoms with Crippen LogP contribution in [0.1, 0.15) is 64.6 Å². The van der Waals surface area contributed by atoms with E-state index in [0.717, 1.165) is 12.8 Å². The molecule has 0 saturated carbocycles. The maximum atomic E-state index is 11.2. The van der Waals surface area contributed by atoms with Crippen LogP contribution in [0.2, 0.25) is 0 Å². The summed E-state index contributed by atoms with van der Waals surface area (Å²) in [5, 5.41) is 28.4. The number of aliphatic hydroxyl groups is 2. The summed E-state index contributed by atoms with van der Waals surface area (Å²) in [6.07, 6.45) is -1.20. The van der Waals surface area contributed by atoms with Crippen molar-refractivity contribution in [1.29, 1.82) is 0 Å². The van der Waals surface area contributed by atoms with Crippen molar-refractivity contribution in [2.45, 2.75) is 78.0 Å². The van der Waals surface area contributed by atoms with E-state index >= 15 is 0 Å². The van der Waals surface area contributed by atoms with Gasteiger partial charge in [0.05, 0.1) is 6.33 Å². The number of ether oxygens (including phenoxy) is 2. The molecule has 3 N–H and O–H groups in total. The van der Waals surface area contributed by atoms with Crippen LogP contribution >= 0.6 is 0 Å². The second kappa shape index (κ2) is 11.4. The molecule has 4 atom stereocenters. The number of aliphatic hydroxyl groups excluding tert-OH is 2. The van der Waals surface area contributed by atoms with Gasteiger partial charge in [0, 0.05) is 12.6 Å². The van der Waals surface area contributed by atoms with Gasteiger partial charge in [0.25, 0.3) is 12.4 Å². The number of imidazole rings is 1. The molecular weight excluding hydrogens is 484 g/mol. The lowest BCUT2D eigenvalue weighted by Gasteiger charge is -2.24. The Balaban J connectivity index is 1.80. The third-order valence-corrected chi connectivity index (χ3v) is 6.26. The Morgan fingerprint density at radius 2 is 2.03 bits per heavy atom. The molecule has 1 saturated heterocycles. The van der Waals surface area contributed by atoms with Gasteiger partial charge in [-0.2, -0.15) is 15.0 Å². The molecule has 0 bridgehead atoms. The zero-order chi connectivity index (χ0) is 26.7. The minimum atomic E-state index is -1.29. The summed E-state index contributed by atoms with van der Waals surface area (Å²) in [7, 11) is 0. The second-order valence-electron chi connectivity index (χ2n) is 9.43. The van der Waals surface area contributed by atoms with Crippen molar-refractivity contribution >= 4 is 29.4 Å². The molecule has 0 aliphatic carbocycles. The molecule has 1 aliphatic rings. The molecule has 3 aromatic heterocycles. The van der Waals surface area contributed by atoms with Gasteiger partial charge >= 0.3 is 0 Å². The van der Waals surface area contributed by atoms with Crippen molar-refractivity contribution in [3.63, 3.8) is 0 Å². The molecular formula is C23H34N8O6. The van der Waals surface area contributed by atoms with Gasteiger partial charge in [0.2, 0.25) is 5.95 Å². The van der Waals surface area contributed by atoms with Gasteiger partial charge < -0.3 is 34.4 Å². The fraction of sp³-hybridized carbons (Fsp3) is 0.652. The Kier molecular flexibility index (Phi) is 8.19. The Morgan fingerprint density at radius 3 is 2.62 bits per heavy atom. The van der Waals surface area contributed by atoms with E-state index < -0.39 is 24.5 Å². The summed E-state index contributed by atoms with van der Waals surface area (Å²) >= 11 is 0. The highest BCUT2D eigenvalue weighted by Gasteiger charge is 2.50. The Hall–Kier alpha value is -3.36. The highest BCUT2D eigenvalue weighted by molar-refractivity contribution is 5.84. The van der Waals surface area contributed by atoms with Gasteiger partial charge in [-0.3, -0.25) is 9.36 Å². The van der Waals surface area contributed by atoms with E-state index in [4.69, 9.17) is 19.0 Å². The van der Waals surface area contributed by atoms with Gasteiger partial charge in [0.1, 0.15) is 12.8 Å². The predicted molar refractivity (Wildman–Crippen MR) is 131 cm³/mol. The molecule has 0 spiro atoms. The lowest BCUT2D eigenvalue weighted by molar-refractivity contribution is -0.140. The number of nitrogens with one attached hydrogen (secondary N) is 1. The lowest BCUT2D eigenvalue weighted by Crippen LogP contribution is -2.32. The van der Waals surface area contributed by atoms with E-state index in [9.17, 15) is 15.0 Å². The molecule has 1 aliphatic heterocycles. The van der Waals surface area contributed by atoms with Crippen LogP contribution < -0.4 is 10.2 Å². The number of aromatic nitrogens is 6. The number of anilines is 2. The summed E-state index contributed by atoms with van der Waals surface area (Å²) in [5.74, 6) is 1.50. The Bertz CT molecular complexity index is 1200. The van der Waals surface area contributed by atoms with Crippen LogP contribution in [0, 0.1) is 12.8 Å². The fourth-order valence-electron chi connectivity index (χ4n) is 4.39. The summed E-state index contributed by atoms with van der Waals surface area (Å²) in [6, 6.07) is 0.146. The second-order valence-corrected chi connectivity index (χ2v) is 9.43. The zero-order valence-corrected chi connectivity index (χ0v) is 21.6. The smallest absolute Gasteiger partial charge is 0.293 e. The average molecular weight is 519 g/mol. The van der Waals surface area contributed by atoms with Crippen molar-refractivity contribution in [3.05, 3.63) is 18.0 Å². The minimum Gasteiger partial charge on any atom is -0.458 e. The van der Waals surface area contributed by atoms with Crippen LogP contribution in [0.4, 0.5) is 11.8 Å². The normalized spacial score (nSPS) is 21.8. The van der Waals surface area contributed by atoms with Crippen LogP contribution in [0.25, 0.3) is 11.2 Å². The molecule has 37 heavy (non-hydrogen) atoms. The van der Waals surface area contributed by atoms with E-state index in [2.05, 4.69) is 39.3 Å². The maximum absolute atomic E-state index is 11.2. The summed E-state index contributed by atoms with van der Waals surface area (Å²) in [4.78, 5) is 30.9. The SMILES string of the molecule is CCC(CC)Nc1nc(N(CO)CC(C)C)nc2c1ncn2[C@@H]1O[C@H](c2nc(C)no2)[C@@H](OC=O)[C@H]1O. The monoisotopic (exact) mass is 518 g/mol. The molecule has 0 aromatic carbocycles. The number of carbonyl (C=O) groups excluding carboxylic acids is 1. The van der Waals surface area contributed by atoms with Gasteiger partial charge in [-0.1, -0.05) is 32.9 Å². The van der Waals surface area contributed by atoms with Crippen LogP contribution in [0.5, 0.6) is 0 Å². The van der Waals surface area contributed by atoms with Gasteiger partial charge in [-0.25, -0.2) is 4.98 Å². The molecule has 0 unspecified atom stereocenters. The number of carbonyl (C=O) groups is 1. The Labute approximate surface area is 214 Å². The average Bonchev–Trinajstić information content (AvgIpc) is 3.58. The summed E-state index contributed by atoms with van der Waals surface area (Å²) in [6.45, 7) is 10.3. The minimum absolute atomic E-state index is 0.0742. The van der Waals surface area contributed by atoms with Gasteiger partial charge in [-0.15, -0.1) is 0 Å². The Morgan fingerprint density at radius 1 is 1.27 bits per heavy atom. The molecule has 4 heterocycles. The third kappa shape index (κ3) is 5.36. The van der Waals surface area contributed by atoms with Crippen LogP contribution in [0.3, 0.4) is 0 Å². The predicted octanol–water partition coefficient (Wildman–Crippen LogP) is 1.70. The molecule has 0 amide bonds. The van der Waals surface area contributed by atoms with Crippen molar-refractivity contribution in [2.24, 2.45) is 5.92 Å².